The van der Waals surface area contributed by atoms with E-state index < -0.39 is 19.3 Å². The van der Waals surface area contributed by atoms with Crippen molar-refractivity contribution in [3.63, 3.8) is 0 Å². The Bertz CT molecular complexity index is 750. The molecule has 0 saturated heterocycles. The number of alkyl carbamates (subject to hydrolysis) is 1. The van der Waals surface area contributed by atoms with Gasteiger partial charge in [-0.15, -0.1) is 0 Å². The van der Waals surface area contributed by atoms with Gasteiger partial charge < -0.3 is 29.6 Å². The lowest BCUT2D eigenvalue weighted by atomic mass is 10.1. The first kappa shape index (κ1) is 26.0. The van der Waals surface area contributed by atoms with Gasteiger partial charge in [0.15, 0.2) is 0 Å². The Morgan fingerprint density at radius 3 is 2.37 bits per heavy atom. The van der Waals surface area contributed by atoms with E-state index in [1.807, 2.05) is 6.92 Å². The van der Waals surface area contributed by atoms with Crippen LogP contribution in [-0.4, -0.2) is 37.7 Å². The summed E-state index contributed by atoms with van der Waals surface area (Å²) in [5.74, 6) is 0.560. The van der Waals surface area contributed by atoms with Gasteiger partial charge in [0, 0.05) is 11.8 Å². The topological polar surface area (TPSA) is 109 Å². The molecule has 30 heavy (non-hydrogen) atoms. The minimum absolute atomic E-state index is 0.178. The zero-order valence-electron chi connectivity index (χ0n) is 18.8. The second kappa shape index (κ2) is 12.0. The van der Waals surface area contributed by atoms with Crippen molar-refractivity contribution in [2.75, 3.05) is 31.7 Å². The van der Waals surface area contributed by atoms with Crippen molar-refractivity contribution in [1.82, 2.24) is 5.32 Å². The average molecular weight is 442 g/mol. The SMILES string of the molecule is CCOP(=O)(C/C=C/COc1cc(N)cc([C@H](C)NC(=O)OC(C)(C)C)c1)OCC. The van der Waals surface area contributed by atoms with Gasteiger partial charge in [-0.25, -0.2) is 4.79 Å². The zero-order valence-corrected chi connectivity index (χ0v) is 19.7. The second-order valence-corrected chi connectivity index (χ2v) is 9.72. The Hall–Kier alpha value is -2.02. The van der Waals surface area contributed by atoms with Gasteiger partial charge in [-0.2, -0.15) is 0 Å². The predicted molar refractivity (Wildman–Crippen MR) is 119 cm³/mol. The molecule has 0 aliphatic carbocycles. The molecule has 0 unspecified atom stereocenters. The number of anilines is 1. The standard InChI is InChI=1S/C21H35N2O6P/c1-7-27-30(25,28-8-2)12-10-9-11-26-19-14-17(13-18(22)15-19)16(3)23-20(24)29-21(4,5)6/h9-10,13-16H,7-8,11-12,22H2,1-6H3,(H,23,24)/b10-9+/t16-/m0/s1. The monoisotopic (exact) mass is 442 g/mol. The Kier molecular flexibility index (Phi) is 10.4. The summed E-state index contributed by atoms with van der Waals surface area (Å²) in [6, 6.07) is 4.95. The van der Waals surface area contributed by atoms with Crippen LogP contribution in [0.25, 0.3) is 0 Å². The summed E-state index contributed by atoms with van der Waals surface area (Å²) < 4.78 is 33.9. The normalized spacial score (nSPS) is 13.3. The summed E-state index contributed by atoms with van der Waals surface area (Å²) in [6.07, 6.45) is 3.13. The highest BCUT2D eigenvalue weighted by Crippen LogP contribution is 2.47. The fourth-order valence-corrected chi connectivity index (χ4v) is 3.98. The molecule has 1 aromatic rings. The summed E-state index contributed by atoms with van der Waals surface area (Å²) in [6.45, 7) is 11.7. The lowest BCUT2D eigenvalue weighted by Crippen LogP contribution is -2.34. The van der Waals surface area contributed by atoms with E-state index >= 15 is 0 Å². The number of ether oxygens (including phenoxy) is 2. The second-order valence-electron chi connectivity index (χ2n) is 7.61. The van der Waals surface area contributed by atoms with Gasteiger partial charge in [-0.3, -0.25) is 4.57 Å². The van der Waals surface area contributed by atoms with Gasteiger partial charge in [-0.1, -0.05) is 12.2 Å². The third kappa shape index (κ3) is 10.1. The van der Waals surface area contributed by atoms with Gasteiger partial charge in [0.2, 0.25) is 0 Å². The van der Waals surface area contributed by atoms with Crippen molar-refractivity contribution in [2.45, 2.75) is 53.2 Å². The predicted octanol–water partition coefficient (Wildman–Crippen LogP) is 5.06. The molecule has 0 fully saturated rings. The van der Waals surface area contributed by atoms with E-state index in [1.54, 1.807) is 65.0 Å². The van der Waals surface area contributed by atoms with E-state index in [1.165, 1.54) is 0 Å². The summed E-state index contributed by atoms with van der Waals surface area (Å²) in [4.78, 5) is 12.0. The van der Waals surface area contributed by atoms with Crippen LogP contribution < -0.4 is 15.8 Å². The van der Waals surface area contributed by atoms with E-state index in [9.17, 15) is 9.36 Å². The first-order chi connectivity index (χ1) is 14.0. The fraction of sp³-hybridized carbons (Fsp3) is 0.571. The molecule has 1 atom stereocenters. The lowest BCUT2D eigenvalue weighted by Gasteiger charge is -2.22. The molecule has 0 aliphatic rings. The van der Waals surface area contributed by atoms with Gasteiger partial charge in [-0.05, 0) is 59.2 Å². The number of carbonyl (C=O) groups excluding carboxylic acids is 1. The quantitative estimate of drug-likeness (QED) is 0.280. The van der Waals surface area contributed by atoms with E-state index in [0.29, 0.717) is 24.7 Å². The molecule has 1 aromatic carbocycles. The number of hydrogen-bond acceptors (Lipinski definition) is 7. The van der Waals surface area contributed by atoms with Crippen LogP contribution in [0.1, 0.15) is 53.1 Å². The molecule has 1 rings (SSSR count). The van der Waals surface area contributed by atoms with Gasteiger partial charge in [0.25, 0.3) is 0 Å². The van der Waals surface area contributed by atoms with Crippen molar-refractivity contribution >= 4 is 19.4 Å². The molecule has 0 aliphatic heterocycles. The van der Waals surface area contributed by atoms with Gasteiger partial charge in [0.1, 0.15) is 18.0 Å². The highest BCUT2D eigenvalue weighted by Gasteiger charge is 2.21. The summed E-state index contributed by atoms with van der Waals surface area (Å²) in [5.41, 5.74) is 6.70. The van der Waals surface area contributed by atoms with E-state index in [-0.39, 0.29) is 18.8 Å². The Balaban J connectivity index is 2.67. The van der Waals surface area contributed by atoms with Gasteiger partial charge in [0.05, 0.1) is 25.4 Å². The van der Waals surface area contributed by atoms with Crippen LogP contribution >= 0.6 is 7.60 Å². The van der Waals surface area contributed by atoms with E-state index in [0.717, 1.165) is 5.56 Å². The Morgan fingerprint density at radius 1 is 1.17 bits per heavy atom. The molecule has 0 radical (unpaired) electrons. The zero-order chi connectivity index (χ0) is 22.8. The first-order valence-corrected chi connectivity index (χ1v) is 11.8. The van der Waals surface area contributed by atoms with E-state index in [2.05, 4.69) is 5.32 Å². The van der Waals surface area contributed by atoms with Crippen molar-refractivity contribution < 1.29 is 27.9 Å². The van der Waals surface area contributed by atoms with Crippen LogP contribution in [0.4, 0.5) is 10.5 Å². The van der Waals surface area contributed by atoms with Crippen molar-refractivity contribution in [3.05, 3.63) is 35.9 Å². The third-order valence-corrected chi connectivity index (χ3v) is 5.64. The molecule has 3 N–H and O–H groups in total. The fourth-order valence-electron chi connectivity index (χ4n) is 2.50. The smallest absolute Gasteiger partial charge is 0.408 e. The van der Waals surface area contributed by atoms with Crippen molar-refractivity contribution in [3.8, 4) is 5.75 Å². The Morgan fingerprint density at radius 2 is 1.80 bits per heavy atom. The van der Waals surface area contributed by atoms with E-state index in [4.69, 9.17) is 24.3 Å². The third-order valence-electron chi connectivity index (χ3n) is 3.68. The molecule has 170 valence electrons. The van der Waals surface area contributed by atoms with Crippen LogP contribution in [0.3, 0.4) is 0 Å². The van der Waals surface area contributed by atoms with Gasteiger partial charge >= 0.3 is 13.7 Å². The van der Waals surface area contributed by atoms with Crippen molar-refractivity contribution in [1.29, 1.82) is 0 Å². The Labute approximate surface area is 179 Å². The number of amides is 1. The van der Waals surface area contributed by atoms with Crippen LogP contribution in [0.15, 0.2) is 30.4 Å². The van der Waals surface area contributed by atoms with Crippen LogP contribution in [0.2, 0.25) is 0 Å². The van der Waals surface area contributed by atoms with Crippen LogP contribution in [0, 0.1) is 0 Å². The summed E-state index contributed by atoms with van der Waals surface area (Å²) in [5, 5.41) is 2.78. The van der Waals surface area contributed by atoms with Crippen LogP contribution in [-0.2, 0) is 18.3 Å². The maximum absolute atomic E-state index is 12.4. The number of rotatable bonds is 11. The number of nitrogen functional groups attached to an aromatic ring is 1. The molecule has 0 heterocycles. The molecule has 9 heteroatoms. The first-order valence-electron chi connectivity index (χ1n) is 10.0. The lowest BCUT2D eigenvalue weighted by molar-refractivity contribution is 0.0507. The number of benzene rings is 1. The highest BCUT2D eigenvalue weighted by molar-refractivity contribution is 7.54. The molecular formula is C21H35N2O6P. The molecule has 1 amide bonds. The number of allylic oxidation sites excluding steroid dienone is 1. The molecule has 0 aromatic heterocycles. The molecule has 8 nitrogen and oxygen atoms in total. The van der Waals surface area contributed by atoms with Crippen molar-refractivity contribution in [2.24, 2.45) is 0 Å². The highest BCUT2D eigenvalue weighted by atomic mass is 31.2. The minimum Gasteiger partial charge on any atom is -0.489 e. The maximum Gasteiger partial charge on any atom is 0.408 e. The molecule has 0 bridgehead atoms. The number of hydrogen-bond donors (Lipinski definition) is 2. The average Bonchev–Trinajstić information content (AvgIpc) is 2.59. The largest absolute Gasteiger partial charge is 0.489 e. The number of nitrogens with two attached hydrogens (primary N) is 1. The number of nitrogens with one attached hydrogen (secondary N) is 1. The summed E-state index contributed by atoms with van der Waals surface area (Å²) in [7, 11) is -3.10. The molecule has 0 saturated carbocycles. The minimum atomic E-state index is -3.10. The summed E-state index contributed by atoms with van der Waals surface area (Å²) >= 11 is 0. The molecular weight excluding hydrogens is 407 g/mol. The maximum atomic E-state index is 12.4. The van der Waals surface area contributed by atoms with Crippen LogP contribution in [0.5, 0.6) is 5.75 Å². The molecule has 0 spiro atoms. The number of carbonyl (C=O) groups is 1.